The van der Waals surface area contributed by atoms with Gasteiger partial charge >= 0.3 is 5.69 Å². The van der Waals surface area contributed by atoms with Crippen LogP contribution in [0.15, 0.2) is 12.1 Å². The molecule has 0 saturated carbocycles. The van der Waals surface area contributed by atoms with Crippen molar-refractivity contribution in [2.24, 2.45) is 0 Å². The van der Waals surface area contributed by atoms with E-state index < -0.39 is 43.2 Å². The minimum absolute atomic E-state index is 0.260. The SMILES string of the molecule is CC(C)S(=O)(=O)Nc1cc([N+](=O)[O-])c(F)cc1F. The van der Waals surface area contributed by atoms with Gasteiger partial charge in [0.2, 0.25) is 15.8 Å². The maximum absolute atomic E-state index is 13.3. The summed E-state index contributed by atoms with van der Waals surface area (Å²) in [6, 6.07) is 0.765. The smallest absolute Gasteiger partial charge is 0.280 e. The third-order valence-electron chi connectivity index (χ3n) is 2.11. The van der Waals surface area contributed by atoms with Gasteiger partial charge in [0, 0.05) is 12.1 Å². The van der Waals surface area contributed by atoms with Crippen molar-refractivity contribution in [3.05, 3.63) is 33.9 Å². The van der Waals surface area contributed by atoms with Crippen molar-refractivity contribution in [2.75, 3.05) is 4.72 Å². The monoisotopic (exact) mass is 280 g/mol. The van der Waals surface area contributed by atoms with E-state index in [0.29, 0.717) is 6.07 Å². The van der Waals surface area contributed by atoms with Crippen LogP contribution in [0.1, 0.15) is 13.8 Å². The summed E-state index contributed by atoms with van der Waals surface area (Å²) in [7, 11) is -3.86. The Bertz CT molecular complexity index is 586. The fourth-order valence-corrected chi connectivity index (χ4v) is 1.73. The van der Waals surface area contributed by atoms with Crippen LogP contribution in [0.25, 0.3) is 0 Å². The van der Waals surface area contributed by atoms with Crippen molar-refractivity contribution >= 4 is 21.4 Å². The third kappa shape index (κ3) is 2.92. The van der Waals surface area contributed by atoms with E-state index in [4.69, 9.17) is 0 Å². The first-order chi connectivity index (χ1) is 8.15. The third-order valence-corrected chi connectivity index (χ3v) is 3.85. The van der Waals surface area contributed by atoms with Crippen LogP contribution in [0, 0.1) is 21.7 Å². The maximum Gasteiger partial charge on any atom is 0.307 e. The minimum Gasteiger partial charge on any atom is -0.280 e. The summed E-state index contributed by atoms with van der Waals surface area (Å²) in [6.07, 6.45) is 0. The van der Waals surface area contributed by atoms with E-state index in [2.05, 4.69) is 0 Å². The summed E-state index contributed by atoms with van der Waals surface area (Å²) in [5.74, 6) is -2.59. The Balaban J connectivity index is 3.27. The highest BCUT2D eigenvalue weighted by atomic mass is 32.2. The molecule has 0 heterocycles. The second-order valence-electron chi connectivity index (χ2n) is 3.74. The van der Waals surface area contributed by atoms with Gasteiger partial charge in [-0.3, -0.25) is 14.8 Å². The molecule has 18 heavy (non-hydrogen) atoms. The molecule has 0 aliphatic heterocycles. The fraction of sp³-hybridized carbons (Fsp3) is 0.333. The summed E-state index contributed by atoms with van der Waals surface area (Å²) in [4.78, 5) is 9.38. The van der Waals surface area contributed by atoms with E-state index in [1.54, 1.807) is 0 Å². The zero-order valence-electron chi connectivity index (χ0n) is 9.48. The Morgan fingerprint density at radius 2 is 1.83 bits per heavy atom. The molecular formula is C9H10F2N2O4S. The Kier molecular flexibility index (Phi) is 3.85. The van der Waals surface area contributed by atoms with E-state index >= 15 is 0 Å². The molecule has 0 radical (unpaired) electrons. The van der Waals surface area contributed by atoms with Crippen molar-refractivity contribution in [1.82, 2.24) is 0 Å². The number of nitrogens with one attached hydrogen (secondary N) is 1. The number of nitro groups is 1. The molecule has 0 aliphatic carbocycles. The number of hydrogen-bond acceptors (Lipinski definition) is 4. The molecule has 0 bridgehead atoms. The van der Waals surface area contributed by atoms with Crippen LogP contribution in [0.3, 0.4) is 0 Å². The fourth-order valence-electron chi connectivity index (χ4n) is 1.03. The lowest BCUT2D eigenvalue weighted by Crippen LogP contribution is -2.23. The maximum atomic E-state index is 13.3. The normalized spacial score (nSPS) is 11.6. The van der Waals surface area contributed by atoms with Gasteiger partial charge < -0.3 is 0 Å². The number of nitrogens with zero attached hydrogens (tertiary/aromatic N) is 1. The second kappa shape index (κ2) is 4.84. The molecule has 0 amide bonds. The molecule has 1 rings (SSSR count). The van der Waals surface area contributed by atoms with E-state index in [0.717, 1.165) is 0 Å². The molecule has 9 heteroatoms. The topological polar surface area (TPSA) is 89.3 Å². The number of sulfonamides is 1. The summed E-state index contributed by atoms with van der Waals surface area (Å²) in [5, 5.41) is 9.59. The van der Waals surface area contributed by atoms with Crippen LogP contribution in [0.5, 0.6) is 0 Å². The molecule has 1 aromatic rings. The molecule has 0 spiro atoms. The molecule has 0 aromatic heterocycles. The molecule has 1 N–H and O–H groups in total. The van der Waals surface area contributed by atoms with Crippen molar-refractivity contribution in [2.45, 2.75) is 19.1 Å². The van der Waals surface area contributed by atoms with Gasteiger partial charge in [-0.05, 0) is 13.8 Å². The van der Waals surface area contributed by atoms with Crippen LogP contribution in [0.4, 0.5) is 20.2 Å². The molecule has 100 valence electrons. The van der Waals surface area contributed by atoms with E-state index in [1.807, 2.05) is 4.72 Å². The van der Waals surface area contributed by atoms with Gasteiger partial charge in [-0.25, -0.2) is 12.8 Å². The average Bonchev–Trinajstić information content (AvgIpc) is 2.21. The highest BCUT2D eigenvalue weighted by Crippen LogP contribution is 2.26. The van der Waals surface area contributed by atoms with Gasteiger partial charge in [0.1, 0.15) is 0 Å². The lowest BCUT2D eigenvalue weighted by molar-refractivity contribution is -0.387. The summed E-state index contributed by atoms with van der Waals surface area (Å²) >= 11 is 0. The predicted octanol–water partition coefficient (Wildman–Crippen LogP) is 2.02. The summed E-state index contributed by atoms with van der Waals surface area (Å²) in [6.45, 7) is 2.69. The average molecular weight is 280 g/mol. The molecule has 0 aliphatic rings. The molecule has 0 unspecified atom stereocenters. The molecule has 6 nitrogen and oxygen atoms in total. The first-order valence-corrected chi connectivity index (χ1v) is 6.35. The van der Waals surface area contributed by atoms with Gasteiger partial charge in [-0.15, -0.1) is 0 Å². The van der Waals surface area contributed by atoms with Crippen LogP contribution in [-0.4, -0.2) is 18.6 Å². The van der Waals surface area contributed by atoms with E-state index in [-0.39, 0.29) is 6.07 Å². The highest BCUT2D eigenvalue weighted by Gasteiger charge is 2.23. The predicted molar refractivity (Wildman–Crippen MR) is 60.7 cm³/mol. The van der Waals surface area contributed by atoms with Crippen molar-refractivity contribution in [3.8, 4) is 0 Å². The highest BCUT2D eigenvalue weighted by molar-refractivity contribution is 7.93. The van der Waals surface area contributed by atoms with Crippen LogP contribution >= 0.6 is 0 Å². The number of rotatable bonds is 4. The number of hydrogen-bond donors (Lipinski definition) is 1. The Labute approximate surface area is 102 Å². The number of nitro benzene ring substituents is 1. The van der Waals surface area contributed by atoms with E-state index in [9.17, 15) is 27.3 Å². The first-order valence-electron chi connectivity index (χ1n) is 4.80. The van der Waals surface area contributed by atoms with Crippen LogP contribution in [-0.2, 0) is 10.0 Å². The van der Waals surface area contributed by atoms with Crippen LogP contribution < -0.4 is 4.72 Å². The molecular weight excluding hydrogens is 270 g/mol. The molecule has 0 atom stereocenters. The summed E-state index contributed by atoms with van der Waals surface area (Å²) < 4.78 is 51.1. The van der Waals surface area contributed by atoms with Gasteiger partial charge in [0.05, 0.1) is 15.9 Å². The number of benzene rings is 1. The number of anilines is 1. The number of halogens is 2. The lowest BCUT2D eigenvalue weighted by atomic mass is 10.2. The molecule has 0 saturated heterocycles. The van der Waals surface area contributed by atoms with Crippen molar-refractivity contribution in [1.29, 1.82) is 0 Å². The Morgan fingerprint density at radius 1 is 1.28 bits per heavy atom. The zero-order chi connectivity index (χ0) is 14.1. The molecule has 0 fully saturated rings. The van der Waals surface area contributed by atoms with Crippen molar-refractivity contribution in [3.63, 3.8) is 0 Å². The molecule has 1 aromatic carbocycles. The van der Waals surface area contributed by atoms with Gasteiger partial charge in [0.15, 0.2) is 5.82 Å². The second-order valence-corrected chi connectivity index (χ2v) is 5.97. The first kappa shape index (κ1) is 14.3. The largest absolute Gasteiger partial charge is 0.307 e. The summed E-state index contributed by atoms with van der Waals surface area (Å²) in [5.41, 5.74) is -1.66. The minimum atomic E-state index is -3.86. The quantitative estimate of drug-likeness (QED) is 0.675. The van der Waals surface area contributed by atoms with Gasteiger partial charge in [-0.2, -0.15) is 4.39 Å². The van der Waals surface area contributed by atoms with E-state index in [1.165, 1.54) is 13.8 Å². The van der Waals surface area contributed by atoms with Crippen LogP contribution in [0.2, 0.25) is 0 Å². The van der Waals surface area contributed by atoms with Gasteiger partial charge in [-0.1, -0.05) is 0 Å². The standard InChI is InChI=1S/C9H10F2N2O4S/c1-5(2)18(16,17)12-8-4-9(13(14)15)7(11)3-6(8)10/h3-5,12H,1-2H3. The van der Waals surface area contributed by atoms with Gasteiger partial charge in [0.25, 0.3) is 0 Å². The lowest BCUT2D eigenvalue weighted by Gasteiger charge is -2.11. The Hall–Kier alpha value is -1.77. The Morgan fingerprint density at radius 3 is 2.28 bits per heavy atom. The van der Waals surface area contributed by atoms with Crippen molar-refractivity contribution < 1.29 is 22.1 Å². The zero-order valence-corrected chi connectivity index (χ0v) is 10.3.